The Kier molecular flexibility index (Phi) is 8.18. The fourth-order valence-corrected chi connectivity index (χ4v) is 3.92. The highest BCUT2D eigenvalue weighted by Gasteiger charge is 2.39. The van der Waals surface area contributed by atoms with Gasteiger partial charge in [0.15, 0.2) is 0 Å². The molecule has 0 aromatic heterocycles. The van der Waals surface area contributed by atoms with E-state index in [-0.39, 0.29) is 24.8 Å². The van der Waals surface area contributed by atoms with Crippen molar-refractivity contribution in [2.75, 3.05) is 0 Å². The van der Waals surface area contributed by atoms with Gasteiger partial charge in [-0.05, 0) is 42.0 Å². The van der Waals surface area contributed by atoms with Crippen LogP contribution in [-0.2, 0) is 29.1 Å². The Morgan fingerprint density at radius 3 is 2.55 bits per heavy atom. The minimum atomic E-state index is -1.14. The first-order chi connectivity index (χ1) is 15.9. The van der Waals surface area contributed by atoms with Gasteiger partial charge in [0.25, 0.3) is 5.91 Å². The summed E-state index contributed by atoms with van der Waals surface area (Å²) in [5.74, 6) is -1.04. The Balaban J connectivity index is 0.000000257. The Hall–Kier alpha value is -3.68. The van der Waals surface area contributed by atoms with Gasteiger partial charge in [-0.15, -0.1) is 0 Å². The SMILES string of the molecule is CCCCc1ccccc1.O=C(O)NCc1ccc2c(c1)C(=O)N(C1CCC(=O)NC1=O)C2. The molecular formula is C25H29N3O5. The van der Waals surface area contributed by atoms with Crippen LogP contribution in [-0.4, -0.2) is 39.9 Å². The topological polar surface area (TPSA) is 116 Å². The van der Waals surface area contributed by atoms with Gasteiger partial charge in [-0.25, -0.2) is 4.79 Å². The molecule has 8 nitrogen and oxygen atoms in total. The average molecular weight is 452 g/mol. The number of amides is 4. The van der Waals surface area contributed by atoms with E-state index in [0.29, 0.717) is 24.1 Å². The largest absolute Gasteiger partial charge is 0.465 e. The number of benzene rings is 2. The number of hydrogen-bond acceptors (Lipinski definition) is 4. The van der Waals surface area contributed by atoms with Crippen LogP contribution in [0, 0.1) is 0 Å². The molecule has 2 aliphatic rings. The number of carboxylic acid groups (broad SMARTS) is 1. The quantitative estimate of drug-likeness (QED) is 0.583. The number of imide groups is 1. The van der Waals surface area contributed by atoms with Crippen LogP contribution >= 0.6 is 0 Å². The van der Waals surface area contributed by atoms with Gasteiger partial charge in [-0.3, -0.25) is 19.7 Å². The van der Waals surface area contributed by atoms with E-state index in [4.69, 9.17) is 5.11 Å². The van der Waals surface area contributed by atoms with Crippen molar-refractivity contribution in [3.63, 3.8) is 0 Å². The van der Waals surface area contributed by atoms with Crippen molar-refractivity contribution < 1.29 is 24.3 Å². The highest BCUT2D eigenvalue weighted by atomic mass is 16.4. The number of nitrogens with zero attached hydrogens (tertiary/aromatic N) is 1. The third kappa shape index (κ3) is 6.41. The summed E-state index contributed by atoms with van der Waals surface area (Å²) in [7, 11) is 0. The summed E-state index contributed by atoms with van der Waals surface area (Å²) in [6.45, 7) is 2.64. The zero-order valence-corrected chi connectivity index (χ0v) is 18.7. The number of carbonyl (C=O) groups excluding carboxylic acids is 3. The molecule has 0 spiro atoms. The fourth-order valence-electron chi connectivity index (χ4n) is 3.92. The Morgan fingerprint density at radius 2 is 1.88 bits per heavy atom. The average Bonchev–Trinajstić information content (AvgIpc) is 3.13. The van der Waals surface area contributed by atoms with E-state index in [1.54, 1.807) is 18.2 Å². The summed E-state index contributed by atoms with van der Waals surface area (Å²) in [5, 5.41) is 13.1. The van der Waals surface area contributed by atoms with Gasteiger partial charge in [0, 0.05) is 25.1 Å². The van der Waals surface area contributed by atoms with Crippen LogP contribution in [0.1, 0.15) is 59.7 Å². The molecule has 0 aliphatic carbocycles. The number of fused-ring (bicyclic) bond motifs is 1. The van der Waals surface area contributed by atoms with Crippen LogP contribution < -0.4 is 10.6 Å². The van der Waals surface area contributed by atoms with Crippen molar-refractivity contribution in [3.05, 3.63) is 70.8 Å². The minimum Gasteiger partial charge on any atom is -0.465 e. The molecule has 0 bridgehead atoms. The number of piperidine rings is 1. The lowest BCUT2D eigenvalue weighted by Gasteiger charge is -2.29. The standard InChI is InChI=1S/C15H15N3O5.C10H14/c19-12-4-3-11(13(20)17-12)18-7-9-2-1-8(6-16-15(22)23)5-10(9)14(18)21;1-2-3-7-10-8-5-4-6-9-10/h1-2,5,11,16H,3-4,6-7H2,(H,22,23)(H,17,19,20);4-6,8-9H,2-3,7H2,1H3. The monoisotopic (exact) mass is 451 g/mol. The molecule has 1 fully saturated rings. The lowest BCUT2D eigenvalue weighted by molar-refractivity contribution is -0.136. The van der Waals surface area contributed by atoms with Crippen LogP contribution in [0.5, 0.6) is 0 Å². The fraction of sp³-hybridized carbons (Fsp3) is 0.360. The first-order valence-electron chi connectivity index (χ1n) is 11.2. The third-order valence-electron chi connectivity index (χ3n) is 5.70. The van der Waals surface area contributed by atoms with Gasteiger partial charge in [-0.2, -0.15) is 0 Å². The van der Waals surface area contributed by atoms with Gasteiger partial charge in [0.2, 0.25) is 11.8 Å². The molecular weight excluding hydrogens is 422 g/mol. The second kappa shape index (κ2) is 11.3. The summed E-state index contributed by atoms with van der Waals surface area (Å²) in [6, 6.07) is 15.2. The van der Waals surface area contributed by atoms with Crippen molar-refractivity contribution in [2.24, 2.45) is 0 Å². The third-order valence-corrected chi connectivity index (χ3v) is 5.70. The molecule has 3 N–H and O–H groups in total. The molecule has 0 radical (unpaired) electrons. The number of nitrogens with one attached hydrogen (secondary N) is 2. The van der Waals surface area contributed by atoms with Crippen LogP contribution in [0.2, 0.25) is 0 Å². The van der Waals surface area contributed by atoms with Crippen molar-refractivity contribution in [1.82, 2.24) is 15.5 Å². The smallest absolute Gasteiger partial charge is 0.404 e. The molecule has 1 atom stereocenters. The van der Waals surface area contributed by atoms with E-state index in [1.165, 1.54) is 29.7 Å². The predicted molar refractivity (Wildman–Crippen MR) is 122 cm³/mol. The molecule has 2 aliphatic heterocycles. The van der Waals surface area contributed by atoms with E-state index < -0.39 is 18.0 Å². The van der Waals surface area contributed by atoms with Crippen molar-refractivity contribution in [3.8, 4) is 0 Å². The second-order valence-electron chi connectivity index (χ2n) is 8.14. The molecule has 2 heterocycles. The number of hydrogen-bond donors (Lipinski definition) is 3. The van der Waals surface area contributed by atoms with Gasteiger partial charge in [-0.1, -0.05) is 55.8 Å². The summed E-state index contributed by atoms with van der Waals surface area (Å²) in [6.07, 6.45) is 3.22. The molecule has 8 heteroatoms. The molecule has 1 saturated heterocycles. The normalized spacial score (nSPS) is 17.1. The van der Waals surface area contributed by atoms with E-state index in [2.05, 4.69) is 47.9 Å². The molecule has 1 unspecified atom stereocenters. The first kappa shape index (κ1) is 24.0. The van der Waals surface area contributed by atoms with Crippen LogP contribution in [0.25, 0.3) is 0 Å². The summed E-state index contributed by atoms with van der Waals surface area (Å²) in [4.78, 5) is 47.7. The molecule has 4 rings (SSSR count). The van der Waals surface area contributed by atoms with Crippen molar-refractivity contribution >= 4 is 23.8 Å². The highest BCUT2D eigenvalue weighted by molar-refractivity contribution is 6.05. The molecule has 2 aromatic carbocycles. The van der Waals surface area contributed by atoms with Gasteiger partial charge < -0.3 is 15.3 Å². The number of unbranched alkanes of at least 4 members (excludes halogenated alkanes) is 1. The molecule has 0 saturated carbocycles. The Morgan fingerprint density at radius 1 is 1.12 bits per heavy atom. The van der Waals surface area contributed by atoms with E-state index in [1.807, 2.05) is 0 Å². The minimum absolute atomic E-state index is 0.105. The molecule has 2 aromatic rings. The highest BCUT2D eigenvalue weighted by Crippen LogP contribution is 2.28. The maximum absolute atomic E-state index is 12.5. The van der Waals surface area contributed by atoms with Gasteiger partial charge >= 0.3 is 6.09 Å². The molecule has 33 heavy (non-hydrogen) atoms. The van der Waals surface area contributed by atoms with Crippen molar-refractivity contribution in [2.45, 2.75) is 58.2 Å². The van der Waals surface area contributed by atoms with Crippen molar-refractivity contribution in [1.29, 1.82) is 0 Å². The van der Waals surface area contributed by atoms with E-state index >= 15 is 0 Å². The lowest BCUT2D eigenvalue weighted by atomic mass is 10.0. The molecule has 4 amide bonds. The Bertz CT molecular complexity index is 1020. The number of carbonyl (C=O) groups is 4. The molecule has 174 valence electrons. The van der Waals surface area contributed by atoms with Crippen LogP contribution in [0.15, 0.2) is 48.5 Å². The van der Waals surface area contributed by atoms with Gasteiger partial charge in [0.05, 0.1) is 0 Å². The van der Waals surface area contributed by atoms with Crippen LogP contribution in [0.3, 0.4) is 0 Å². The predicted octanol–water partition coefficient (Wildman–Crippen LogP) is 3.24. The van der Waals surface area contributed by atoms with E-state index in [0.717, 1.165) is 5.56 Å². The number of aryl methyl sites for hydroxylation is 1. The second-order valence-corrected chi connectivity index (χ2v) is 8.14. The summed E-state index contributed by atoms with van der Waals surface area (Å²) in [5.41, 5.74) is 3.40. The summed E-state index contributed by atoms with van der Waals surface area (Å²) >= 11 is 0. The maximum atomic E-state index is 12.5. The van der Waals surface area contributed by atoms with Crippen LogP contribution in [0.4, 0.5) is 4.79 Å². The number of rotatable bonds is 6. The Labute approximate surface area is 193 Å². The summed E-state index contributed by atoms with van der Waals surface area (Å²) < 4.78 is 0. The van der Waals surface area contributed by atoms with E-state index in [9.17, 15) is 19.2 Å². The zero-order chi connectivity index (χ0) is 23.8. The first-order valence-corrected chi connectivity index (χ1v) is 11.2. The zero-order valence-electron chi connectivity index (χ0n) is 18.7. The van der Waals surface area contributed by atoms with Gasteiger partial charge in [0.1, 0.15) is 6.04 Å². The maximum Gasteiger partial charge on any atom is 0.404 e. The lowest BCUT2D eigenvalue weighted by Crippen LogP contribution is -2.52.